The zero-order chi connectivity index (χ0) is 19.0. The number of carbonyl (C=O) groups is 1. The number of rotatable bonds is 2. The van der Waals surface area contributed by atoms with Crippen molar-refractivity contribution in [2.45, 2.75) is 51.0 Å². The zero-order valence-electron chi connectivity index (χ0n) is 14.8. The molecule has 1 N–H and O–H groups in total. The van der Waals surface area contributed by atoms with E-state index in [1.807, 2.05) is 30.3 Å². The average Bonchev–Trinajstić information content (AvgIpc) is 2.98. The summed E-state index contributed by atoms with van der Waals surface area (Å²) >= 11 is 0. The molecule has 0 unspecified atom stereocenters. The molecule has 4 rings (SSSR count). The third kappa shape index (κ3) is 3.53. The van der Waals surface area contributed by atoms with E-state index in [2.05, 4.69) is 5.10 Å². The van der Waals surface area contributed by atoms with Crippen LogP contribution in [-0.2, 0) is 36.8 Å². The fourth-order valence-electron chi connectivity index (χ4n) is 3.73. The molecule has 3 heterocycles. The standard InChI is InChI=1S/C19H21F2N3O3/c20-19(21)10-14(25)6-9-24-17(19)15-11-23(8-7-16(15)22-24)18(26)27-12-13-4-2-1-3-5-13/h1-5,14,25H,6-12H2/t14-/m1/s1. The summed E-state index contributed by atoms with van der Waals surface area (Å²) in [6, 6.07) is 9.29. The summed E-state index contributed by atoms with van der Waals surface area (Å²) in [4.78, 5) is 13.8. The first-order valence-corrected chi connectivity index (χ1v) is 9.04. The minimum atomic E-state index is -3.17. The van der Waals surface area contributed by atoms with E-state index in [0.717, 1.165) is 5.56 Å². The highest BCUT2D eigenvalue weighted by Gasteiger charge is 2.44. The first-order valence-electron chi connectivity index (χ1n) is 9.04. The first-order chi connectivity index (χ1) is 12.9. The molecule has 1 aromatic heterocycles. The monoisotopic (exact) mass is 377 g/mol. The van der Waals surface area contributed by atoms with Crippen molar-refractivity contribution >= 4 is 6.09 Å². The molecule has 1 amide bonds. The summed E-state index contributed by atoms with van der Waals surface area (Å²) in [5.74, 6) is -3.17. The number of ether oxygens (including phenoxy) is 1. The number of halogens is 2. The summed E-state index contributed by atoms with van der Waals surface area (Å²) < 4.78 is 36.0. The molecule has 144 valence electrons. The van der Waals surface area contributed by atoms with Crippen LogP contribution in [0.15, 0.2) is 30.3 Å². The van der Waals surface area contributed by atoms with Crippen LogP contribution in [0.25, 0.3) is 0 Å². The molecule has 0 aliphatic carbocycles. The molecule has 1 aromatic carbocycles. The number of benzene rings is 1. The second-order valence-electron chi connectivity index (χ2n) is 7.06. The van der Waals surface area contributed by atoms with Gasteiger partial charge in [0, 0.05) is 31.5 Å². The van der Waals surface area contributed by atoms with Crippen molar-refractivity contribution in [1.82, 2.24) is 14.7 Å². The maximum atomic E-state index is 14.7. The van der Waals surface area contributed by atoms with E-state index in [-0.39, 0.29) is 31.8 Å². The Balaban J connectivity index is 1.51. The quantitative estimate of drug-likeness (QED) is 0.874. The molecule has 2 aliphatic rings. The lowest BCUT2D eigenvalue weighted by Gasteiger charge is -2.27. The Morgan fingerprint density at radius 1 is 1.30 bits per heavy atom. The van der Waals surface area contributed by atoms with Crippen LogP contribution in [-0.4, -0.2) is 38.5 Å². The molecule has 27 heavy (non-hydrogen) atoms. The fourth-order valence-corrected chi connectivity index (χ4v) is 3.73. The van der Waals surface area contributed by atoms with Crippen molar-refractivity contribution in [3.8, 4) is 0 Å². The van der Waals surface area contributed by atoms with Crippen LogP contribution in [0, 0.1) is 0 Å². The molecule has 8 heteroatoms. The van der Waals surface area contributed by atoms with Gasteiger partial charge in [0.1, 0.15) is 12.3 Å². The van der Waals surface area contributed by atoms with Crippen molar-refractivity contribution in [2.24, 2.45) is 0 Å². The zero-order valence-corrected chi connectivity index (χ0v) is 14.8. The normalized spacial score (nSPS) is 21.1. The van der Waals surface area contributed by atoms with E-state index < -0.39 is 24.5 Å². The Kier molecular flexibility index (Phi) is 4.59. The van der Waals surface area contributed by atoms with Gasteiger partial charge in [-0.05, 0) is 12.0 Å². The maximum Gasteiger partial charge on any atom is 0.410 e. The summed E-state index contributed by atoms with van der Waals surface area (Å²) in [7, 11) is 0. The smallest absolute Gasteiger partial charge is 0.410 e. The predicted octanol–water partition coefficient (Wildman–Crippen LogP) is 2.82. The van der Waals surface area contributed by atoms with Crippen molar-refractivity contribution in [2.75, 3.05) is 6.54 Å². The van der Waals surface area contributed by atoms with Gasteiger partial charge in [-0.2, -0.15) is 13.9 Å². The highest BCUT2D eigenvalue weighted by atomic mass is 19.3. The third-order valence-electron chi connectivity index (χ3n) is 5.08. The van der Waals surface area contributed by atoms with Crippen LogP contribution in [0.4, 0.5) is 13.6 Å². The number of aromatic nitrogens is 2. The number of alkyl halides is 2. The van der Waals surface area contributed by atoms with Crippen LogP contribution in [0.1, 0.15) is 35.4 Å². The van der Waals surface area contributed by atoms with E-state index in [9.17, 15) is 18.7 Å². The summed E-state index contributed by atoms with van der Waals surface area (Å²) in [6.07, 6.45) is -1.56. The van der Waals surface area contributed by atoms with Crippen LogP contribution >= 0.6 is 0 Å². The second-order valence-corrected chi connectivity index (χ2v) is 7.06. The average molecular weight is 377 g/mol. The molecule has 0 spiro atoms. The van der Waals surface area contributed by atoms with Gasteiger partial charge in [0.25, 0.3) is 5.92 Å². The van der Waals surface area contributed by atoms with E-state index in [1.54, 1.807) is 0 Å². The molecule has 6 nitrogen and oxygen atoms in total. The van der Waals surface area contributed by atoms with Gasteiger partial charge < -0.3 is 14.7 Å². The number of aliphatic hydroxyl groups excluding tert-OH is 1. The molecule has 2 aliphatic heterocycles. The van der Waals surface area contributed by atoms with Crippen LogP contribution in [0.2, 0.25) is 0 Å². The van der Waals surface area contributed by atoms with Gasteiger partial charge in [0.05, 0.1) is 18.3 Å². The number of hydrogen-bond donors (Lipinski definition) is 1. The van der Waals surface area contributed by atoms with E-state index >= 15 is 0 Å². The molecule has 0 saturated heterocycles. The number of hydrogen-bond acceptors (Lipinski definition) is 4. The third-order valence-corrected chi connectivity index (χ3v) is 5.08. The van der Waals surface area contributed by atoms with E-state index in [0.29, 0.717) is 24.2 Å². The maximum absolute atomic E-state index is 14.7. The molecular formula is C19H21F2N3O3. The second kappa shape index (κ2) is 6.92. The number of fused-ring (bicyclic) bond motifs is 3. The topological polar surface area (TPSA) is 67.6 Å². The van der Waals surface area contributed by atoms with Gasteiger partial charge in [-0.15, -0.1) is 0 Å². The molecule has 0 fully saturated rings. The van der Waals surface area contributed by atoms with Crippen molar-refractivity contribution in [3.05, 3.63) is 52.8 Å². The van der Waals surface area contributed by atoms with Gasteiger partial charge in [-0.3, -0.25) is 4.68 Å². The Morgan fingerprint density at radius 3 is 2.85 bits per heavy atom. The number of nitrogens with zero attached hydrogens (tertiary/aromatic N) is 3. The summed E-state index contributed by atoms with van der Waals surface area (Å²) in [5.41, 5.74) is 1.68. The lowest BCUT2D eigenvalue weighted by Crippen LogP contribution is -2.37. The number of amides is 1. The number of carbonyl (C=O) groups excluding carboxylic acids is 1. The van der Waals surface area contributed by atoms with Gasteiger partial charge in [0.2, 0.25) is 0 Å². The Labute approximate surface area is 155 Å². The largest absolute Gasteiger partial charge is 0.445 e. The molecular weight excluding hydrogens is 356 g/mol. The lowest BCUT2D eigenvalue weighted by atomic mass is 9.99. The van der Waals surface area contributed by atoms with Crippen molar-refractivity contribution in [1.29, 1.82) is 0 Å². The predicted molar refractivity (Wildman–Crippen MR) is 92.1 cm³/mol. The Hall–Kier alpha value is -2.48. The first kappa shape index (κ1) is 17.9. The van der Waals surface area contributed by atoms with E-state index in [1.165, 1.54) is 9.58 Å². The summed E-state index contributed by atoms with van der Waals surface area (Å²) in [6.45, 7) is 0.810. The molecule has 0 bridgehead atoms. The Morgan fingerprint density at radius 2 is 2.07 bits per heavy atom. The van der Waals surface area contributed by atoms with Gasteiger partial charge >= 0.3 is 6.09 Å². The molecule has 0 saturated carbocycles. The molecule has 0 radical (unpaired) electrons. The highest BCUT2D eigenvalue weighted by molar-refractivity contribution is 5.68. The van der Waals surface area contributed by atoms with Gasteiger partial charge in [-0.25, -0.2) is 4.79 Å². The minimum Gasteiger partial charge on any atom is -0.445 e. The molecule has 1 atom stereocenters. The SMILES string of the molecule is O=C(OCc1ccccc1)N1CCc2nn3c(c2C1)C(F)(F)C[C@H](O)CC3. The van der Waals surface area contributed by atoms with Gasteiger partial charge in [0.15, 0.2) is 0 Å². The lowest BCUT2D eigenvalue weighted by molar-refractivity contribution is -0.0509. The Bertz CT molecular complexity index is 838. The van der Waals surface area contributed by atoms with Crippen LogP contribution in [0.3, 0.4) is 0 Å². The van der Waals surface area contributed by atoms with Crippen LogP contribution in [0.5, 0.6) is 0 Å². The molecule has 2 aromatic rings. The minimum absolute atomic E-state index is 0.0456. The fraction of sp³-hybridized carbons (Fsp3) is 0.474. The van der Waals surface area contributed by atoms with E-state index in [4.69, 9.17) is 4.74 Å². The van der Waals surface area contributed by atoms with Gasteiger partial charge in [-0.1, -0.05) is 30.3 Å². The van der Waals surface area contributed by atoms with Crippen molar-refractivity contribution < 1.29 is 23.4 Å². The number of aliphatic hydroxyl groups is 1. The van der Waals surface area contributed by atoms with Crippen LogP contribution < -0.4 is 0 Å². The highest BCUT2D eigenvalue weighted by Crippen LogP contribution is 2.40. The van der Waals surface area contributed by atoms with Crippen molar-refractivity contribution in [3.63, 3.8) is 0 Å². The number of aryl methyl sites for hydroxylation is 1. The summed E-state index contributed by atoms with van der Waals surface area (Å²) in [5, 5.41) is 14.0.